The molecule has 17 heavy (non-hydrogen) atoms. The van der Waals surface area contributed by atoms with Gasteiger partial charge in [-0.3, -0.25) is 0 Å². The average Bonchev–Trinajstić information content (AvgIpc) is 2.71. The number of hydrogen-bond donors (Lipinski definition) is 1. The van der Waals surface area contributed by atoms with Crippen molar-refractivity contribution in [2.45, 2.75) is 0 Å². The molecule has 2 fully saturated rings. The number of fused-ring (bicyclic) bond motifs is 1. The van der Waals surface area contributed by atoms with Crippen molar-refractivity contribution < 1.29 is 9.13 Å². The first-order chi connectivity index (χ1) is 7.75. The first kappa shape index (κ1) is 12.9. The van der Waals surface area contributed by atoms with E-state index < -0.39 is 0 Å². The second kappa shape index (κ2) is 5.01. The molecule has 1 saturated heterocycles. The maximum Gasteiger partial charge on any atom is 0.138 e. The molecule has 3 rings (SSSR count). The number of halogens is 3. The van der Waals surface area contributed by atoms with E-state index in [4.69, 9.17) is 16.3 Å². The molecule has 1 aromatic rings. The highest BCUT2D eigenvalue weighted by Crippen LogP contribution is 2.48. The number of nitrogens with one attached hydrogen (secondary N) is 1. The summed E-state index contributed by atoms with van der Waals surface area (Å²) in [6.07, 6.45) is 0. The lowest BCUT2D eigenvalue weighted by atomic mass is 10.3. The predicted octanol–water partition coefficient (Wildman–Crippen LogP) is 2.75. The molecule has 3 atom stereocenters. The fraction of sp³-hybridized carbons (Fsp3) is 0.500. The van der Waals surface area contributed by atoms with Crippen molar-refractivity contribution >= 4 is 24.0 Å². The normalized spacial score (nSPS) is 29.4. The van der Waals surface area contributed by atoms with E-state index >= 15 is 0 Å². The molecular formula is C12H14Cl2FNO. The van der Waals surface area contributed by atoms with E-state index in [-0.39, 0.29) is 18.2 Å². The number of ether oxygens (including phenoxy) is 1. The van der Waals surface area contributed by atoms with Gasteiger partial charge in [-0.05, 0) is 43.1 Å². The standard InChI is InChI=1S/C12H13ClFNO.ClH/c13-11-3-7(14)1-2-12(11)16-6-10-8-4-15-5-9(8)10;/h1-3,8-10,15H,4-6H2;1H/t8-,9+,10-;. The van der Waals surface area contributed by atoms with E-state index in [1.165, 1.54) is 12.1 Å². The summed E-state index contributed by atoms with van der Waals surface area (Å²) < 4.78 is 18.4. The van der Waals surface area contributed by atoms with E-state index in [1.54, 1.807) is 6.07 Å². The average molecular weight is 278 g/mol. The highest BCUT2D eigenvalue weighted by atomic mass is 35.5. The van der Waals surface area contributed by atoms with Gasteiger partial charge in [0.1, 0.15) is 11.6 Å². The van der Waals surface area contributed by atoms with E-state index in [2.05, 4.69) is 5.32 Å². The van der Waals surface area contributed by atoms with Crippen LogP contribution in [0.3, 0.4) is 0 Å². The van der Waals surface area contributed by atoms with E-state index in [1.807, 2.05) is 0 Å². The van der Waals surface area contributed by atoms with Gasteiger partial charge in [-0.2, -0.15) is 0 Å². The van der Waals surface area contributed by atoms with Crippen LogP contribution in [0.2, 0.25) is 5.02 Å². The van der Waals surface area contributed by atoms with Crippen molar-refractivity contribution in [3.8, 4) is 5.75 Å². The quantitative estimate of drug-likeness (QED) is 0.918. The van der Waals surface area contributed by atoms with Crippen molar-refractivity contribution in [2.75, 3.05) is 19.7 Å². The van der Waals surface area contributed by atoms with Gasteiger partial charge in [0, 0.05) is 5.92 Å². The van der Waals surface area contributed by atoms with Crippen LogP contribution in [0.5, 0.6) is 5.75 Å². The Morgan fingerprint density at radius 3 is 2.71 bits per heavy atom. The molecule has 1 aromatic carbocycles. The molecule has 1 N–H and O–H groups in total. The molecule has 0 bridgehead atoms. The topological polar surface area (TPSA) is 21.3 Å². The first-order valence-corrected chi connectivity index (χ1v) is 5.92. The lowest BCUT2D eigenvalue weighted by Crippen LogP contribution is -2.17. The van der Waals surface area contributed by atoms with Gasteiger partial charge in [0.15, 0.2) is 0 Å². The molecule has 0 amide bonds. The summed E-state index contributed by atoms with van der Waals surface area (Å²) in [6, 6.07) is 4.25. The minimum absolute atomic E-state index is 0. The van der Waals surface area contributed by atoms with Crippen LogP contribution in [0.4, 0.5) is 4.39 Å². The Balaban J connectivity index is 0.00000108. The third-order valence-corrected chi connectivity index (χ3v) is 3.89. The van der Waals surface area contributed by atoms with Crippen LogP contribution >= 0.6 is 24.0 Å². The third kappa shape index (κ3) is 2.51. The van der Waals surface area contributed by atoms with Crippen molar-refractivity contribution in [2.24, 2.45) is 17.8 Å². The minimum Gasteiger partial charge on any atom is -0.492 e. The number of benzene rings is 1. The molecule has 2 nitrogen and oxygen atoms in total. The molecule has 0 aromatic heterocycles. The fourth-order valence-corrected chi connectivity index (χ4v) is 2.79. The Hall–Kier alpha value is -0.510. The van der Waals surface area contributed by atoms with Gasteiger partial charge >= 0.3 is 0 Å². The van der Waals surface area contributed by atoms with Crippen LogP contribution < -0.4 is 10.1 Å². The summed E-state index contributed by atoms with van der Waals surface area (Å²) >= 11 is 5.88. The second-order valence-electron chi connectivity index (χ2n) is 4.54. The smallest absolute Gasteiger partial charge is 0.138 e. The van der Waals surface area contributed by atoms with Gasteiger partial charge in [-0.1, -0.05) is 11.6 Å². The minimum atomic E-state index is -0.329. The van der Waals surface area contributed by atoms with Crippen LogP contribution in [-0.4, -0.2) is 19.7 Å². The molecule has 2 aliphatic rings. The lowest BCUT2D eigenvalue weighted by molar-refractivity contribution is 0.280. The maximum absolute atomic E-state index is 12.8. The predicted molar refractivity (Wildman–Crippen MR) is 67.5 cm³/mol. The molecule has 0 unspecified atom stereocenters. The second-order valence-corrected chi connectivity index (χ2v) is 4.94. The summed E-state index contributed by atoms with van der Waals surface area (Å²) in [4.78, 5) is 0. The van der Waals surface area contributed by atoms with Gasteiger partial charge in [0.05, 0.1) is 11.6 Å². The molecular weight excluding hydrogens is 264 g/mol. The Bertz CT molecular complexity index is 405. The zero-order valence-electron chi connectivity index (χ0n) is 9.16. The first-order valence-electron chi connectivity index (χ1n) is 5.54. The summed E-state index contributed by atoms with van der Waals surface area (Å²) in [5.41, 5.74) is 0. The number of rotatable bonds is 3. The van der Waals surface area contributed by atoms with Crippen molar-refractivity contribution in [3.05, 3.63) is 29.0 Å². The molecule has 1 heterocycles. The van der Waals surface area contributed by atoms with Crippen molar-refractivity contribution in [1.82, 2.24) is 5.32 Å². The Morgan fingerprint density at radius 1 is 1.35 bits per heavy atom. The number of piperidine rings is 1. The van der Waals surface area contributed by atoms with Crippen LogP contribution in [0, 0.1) is 23.6 Å². The van der Waals surface area contributed by atoms with Crippen LogP contribution in [-0.2, 0) is 0 Å². The highest BCUT2D eigenvalue weighted by molar-refractivity contribution is 6.32. The monoisotopic (exact) mass is 277 g/mol. The summed E-state index contributed by atoms with van der Waals surface area (Å²) in [5, 5.41) is 3.69. The zero-order valence-corrected chi connectivity index (χ0v) is 10.7. The van der Waals surface area contributed by atoms with Crippen molar-refractivity contribution in [1.29, 1.82) is 0 Å². The Labute approximate surface area is 111 Å². The van der Waals surface area contributed by atoms with E-state index in [9.17, 15) is 4.39 Å². The fourth-order valence-electron chi connectivity index (χ4n) is 2.57. The van der Waals surface area contributed by atoms with Crippen LogP contribution in [0.25, 0.3) is 0 Å². The van der Waals surface area contributed by atoms with Gasteiger partial charge < -0.3 is 10.1 Å². The highest BCUT2D eigenvalue weighted by Gasteiger charge is 2.52. The van der Waals surface area contributed by atoms with E-state index in [0.29, 0.717) is 23.3 Å². The van der Waals surface area contributed by atoms with Gasteiger partial charge in [0.25, 0.3) is 0 Å². The van der Waals surface area contributed by atoms with Crippen molar-refractivity contribution in [3.63, 3.8) is 0 Å². The summed E-state index contributed by atoms with van der Waals surface area (Å²) in [5.74, 6) is 2.46. The Kier molecular flexibility index (Phi) is 3.81. The SMILES string of the molecule is Cl.Fc1ccc(OC[C@@H]2[C@@H]3CNC[C@@H]32)c(Cl)c1. The molecule has 1 aliphatic carbocycles. The molecule has 1 saturated carbocycles. The van der Waals surface area contributed by atoms with Crippen LogP contribution in [0.1, 0.15) is 0 Å². The van der Waals surface area contributed by atoms with Gasteiger partial charge in [-0.25, -0.2) is 4.39 Å². The van der Waals surface area contributed by atoms with E-state index in [0.717, 1.165) is 24.9 Å². The Morgan fingerprint density at radius 2 is 2.06 bits per heavy atom. The largest absolute Gasteiger partial charge is 0.492 e. The van der Waals surface area contributed by atoms with Crippen LogP contribution in [0.15, 0.2) is 18.2 Å². The third-order valence-electron chi connectivity index (χ3n) is 3.59. The molecule has 5 heteroatoms. The molecule has 1 aliphatic heterocycles. The molecule has 94 valence electrons. The number of hydrogen-bond acceptors (Lipinski definition) is 2. The summed E-state index contributed by atoms with van der Waals surface area (Å²) in [6.45, 7) is 2.91. The zero-order chi connectivity index (χ0) is 11.1. The summed E-state index contributed by atoms with van der Waals surface area (Å²) in [7, 11) is 0. The molecule has 0 radical (unpaired) electrons. The maximum atomic E-state index is 12.8. The molecule has 0 spiro atoms. The van der Waals surface area contributed by atoms with Gasteiger partial charge in [0.2, 0.25) is 0 Å². The van der Waals surface area contributed by atoms with Gasteiger partial charge in [-0.15, -0.1) is 12.4 Å². The lowest BCUT2D eigenvalue weighted by Gasteiger charge is -2.09.